The van der Waals surface area contributed by atoms with Crippen molar-refractivity contribution in [3.63, 3.8) is 0 Å². The summed E-state index contributed by atoms with van der Waals surface area (Å²) in [6.07, 6.45) is 6.59. The molecule has 8 heteroatoms. The van der Waals surface area contributed by atoms with Crippen LogP contribution in [0.5, 0.6) is 11.5 Å². The number of halogens is 1. The fraction of sp³-hybridized carbons (Fsp3) is 0.143. The lowest BCUT2D eigenvalue weighted by molar-refractivity contribution is 0.298. The Kier molecular flexibility index (Phi) is 5.15. The van der Waals surface area contributed by atoms with Gasteiger partial charge in [0.15, 0.2) is 0 Å². The number of pyridine rings is 1. The predicted octanol–water partition coefficient (Wildman–Crippen LogP) is 3.96. The van der Waals surface area contributed by atoms with Crippen LogP contribution in [0.3, 0.4) is 0 Å². The van der Waals surface area contributed by atoms with Gasteiger partial charge in [0.25, 0.3) is 0 Å². The first kappa shape index (κ1) is 18.5. The molecular formula is C21H18FN5O2. The Balaban J connectivity index is 1.54. The maximum atomic E-state index is 13.0. The van der Waals surface area contributed by atoms with Crippen LogP contribution in [0, 0.1) is 12.9 Å². The highest BCUT2D eigenvalue weighted by Crippen LogP contribution is 2.33. The number of aryl methyl sites for hydroxylation is 1. The first-order chi connectivity index (χ1) is 14.1. The van der Waals surface area contributed by atoms with Gasteiger partial charge in [0.2, 0.25) is 5.95 Å². The lowest BCUT2D eigenvalue weighted by Crippen LogP contribution is -2.00. The molecule has 0 amide bonds. The van der Waals surface area contributed by atoms with E-state index < -0.39 is 5.95 Å². The van der Waals surface area contributed by atoms with Crippen LogP contribution >= 0.6 is 0 Å². The summed E-state index contributed by atoms with van der Waals surface area (Å²) in [4.78, 5) is 19.8. The van der Waals surface area contributed by atoms with E-state index in [2.05, 4.69) is 24.9 Å². The first-order valence-electron chi connectivity index (χ1n) is 8.88. The molecule has 0 fully saturated rings. The summed E-state index contributed by atoms with van der Waals surface area (Å²) in [5.74, 6) is 1.32. The van der Waals surface area contributed by atoms with Gasteiger partial charge in [0.1, 0.15) is 23.9 Å². The average molecular weight is 391 g/mol. The number of aromatic nitrogens is 5. The number of methoxy groups -OCH3 is 1. The number of aromatic amines is 1. The second-order valence-corrected chi connectivity index (χ2v) is 6.30. The molecular weight excluding hydrogens is 373 g/mol. The van der Waals surface area contributed by atoms with E-state index in [1.165, 1.54) is 12.3 Å². The summed E-state index contributed by atoms with van der Waals surface area (Å²) in [7, 11) is 1.59. The molecule has 0 saturated carbocycles. The molecule has 0 aliphatic carbocycles. The summed E-state index contributed by atoms with van der Waals surface area (Å²) in [6, 6.07) is 8.42. The van der Waals surface area contributed by atoms with Crippen molar-refractivity contribution in [1.29, 1.82) is 0 Å². The molecule has 0 spiro atoms. The first-order valence-corrected chi connectivity index (χ1v) is 8.88. The smallest absolute Gasteiger partial charge is 0.212 e. The molecule has 0 unspecified atom stereocenters. The number of benzene rings is 1. The van der Waals surface area contributed by atoms with Gasteiger partial charge in [0.05, 0.1) is 30.4 Å². The standard InChI is InChI=1S/C21H18FN5O2/c1-13-8-24-15(10-23-13)12-29-16-4-5-17(19(7-16)28-2)18-11-26-21(27-18)14-3-6-20(22)25-9-14/h3-11H,12H2,1-2H3,(H,26,27). The van der Waals surface area contributed by atoms with Crippen LogP contribution in [0.1, 0.15) is 11.4 Å². The summed E-state index contributed by atoms with van der Waals surface area (Å²) in [5, 5.41) is 0. The third-order valence-electron chi connectivity index (χ3n) is 4.25. The minimum Gasteiger partial charge on any atom is -0.496 e. The van der Waals surface area contributed by atoms with E-state index in [0.29, 0.717) is 35.2 Å². The van der Waals surface area contributed by atoms with Gasteiger partial charge in [-0.1, -0.05) is 0 Å². The van der Waals surface area contributed by atoms with Gasteiger partial charge in [-0.2, -0.15) is 4.39 Å². The third kappa shape index (κ3) is 4.21. The summed E-state index contributed by atoms with van der Waals surface area (Å²) < 4.78 is 24.3. The summed E-state index contributed by atoms with van der Waals surface area (Å²) in [5.41, 5.74) is 3.78. The predicted molar refractivity (Wildman–Crippen MR) is 105 cm³/mol. The zero-order valence-corrected chi connectivity index (χ0v) is 15.9. The normalized spacial score (nSPS) is 10.7. The van der Waals surface area contributed by atoms with E-state index in [-0.39, 0.29) is 0 Å². The maximum absolute atomic E-state index is 13.0. The molecule has 3 aromatic heterocycles. The van der Waals surface area contributed by atoms with Crippen molar-refractivity contribution in [1.82, 2.24) is 24.9 Å². The molecule has 7 nitrogen and oxygen atoms in total. The lowest BCUT2D eigenvalue weighted by atomic mass is 10.1. The van der Waals surface area contributed by atoms with Crippen LogP contribution in [-0.4, -0.2) is 32.0 Å². The largest absolute Gasteiger partial charge is 0.496 e. The van der Waals surface area contributed by atoms with Gasteiger partial charge in [0, 0.05) is 35.8 Å². The topological polar surface area (TPSA) is 85.8 Å². The molecule has 146 valence electrons. The van der Waals surface area contributed by atoms with Crippen LogP contribution in [0.15, 0.2) is 55.1 Å². The van der Waals surface area contributed by atoms with Crippen LogP contribution in [0.25, 0.3) is 22.6 Å². The van der Waals surface area contributed by atoms with Gasteiger partial charge < -0.3 is 14.5 Å². The highest BCUT2D eigenvalue weighted by molar-refractivity contribution is 5.70. The Morgan fingerprint density at radius 3 is 2.66 bits per heavy atom. The maximum Gasteiger partial charge on any atom is 0.212 e. The van der Waals surface area contributed by atoms with Crippen molar-refractivity contribution in [2.45, 2.75) is 13.5 Å². The van der Waals surface area contributed by atoms with Gasteiger partial charge >= 0.3 is 0 Å². The molecule has 0 atom stereocenters. The number of H-pyrrole nitrogens is 1. The molecule has 4 aromatic rings. The second kappa shape index (κ2) is 8.05. The Bertz CT molecular complexity index is 1110. The third-order valence-corrected chi connectivity index (χ3v) is 4.25. The monoisotopic (exact) mass is 391 g/mol. The van der Waals surface area contributed by atoms with Crippen molar-refractivity contribution in [2.24, 2.45) is 0 Å². The molecule has 0 radical (unpaired) electrons. The summed E-state index contributed by atoms with van der Waals surface area (Å²) in [6.45, 7) is 2.19. The van der Waals surface area contributed by atoms with E-state index in [9.17, 15) is 4.39 Å². The van der Waals surface area contributed by atoms with Crippen LogP contribution in [0.2, 0.25) is 0 Å². The Labute approximate surface area is 166 Å². The number of ether oxygens (including phenoxy) is 2. The van der Waals surface area contributed by atoms with Gasteiger partial charge in [-0.15, -0.1) is 0 Å². The zero-order valence-electron chi connectivity index (χ0n) is 15.9. The minimum absolute atomic E-state index is 0.305. The summed E-state index contributed by atoms with van der Waals surface area (Å²) >= 11 is 0. The van der Waals surface area contributed by atoms with Crippen molar-refractivity contribution < 1.29 is 13.9 Å². The second-order valence-electron chi connectivity index (χ2n) is 6.30. The molecule has 0 saturated heterocycles. The fourth-order valence-electron chi connectivity index (χ4n) is 2.75. The fourth-order valence-corrected chi connectivity index (χ4v) is 2.75. The van der Waals surface area contributed by atoms with E-state index >= 15 is 0 Å². The molecule has 4 rings (SSSR count). The van der Waals surface area contributed by atoms with Crippen molar-refractivity contribution in [3.8, 4) is 34.1 Å². The van der Waals surface area contributed by atoms with Gasteiger partial charge in [-0.3, -0.25) is 9.97 Å². The number of rotatable bonds is 6. The van der Waals surface area contributed by atoms with E-state index in [1.54, 1.807) is 37.8 Å². The molecule has 1 N–H and O–H groups in total. The number of imidazole rings is 1. The molecule has 0 aliphatic heterocycles. The molecule has 0 aliphatic rings. The van der Waals surface area contributed by atoms with Crippen LogP contribution < -0.4 is 9.47 Å². The zero-order chi connectivity index (χ0) is 20.2. The van der Waals surface area contributed by atoms with Crippen molar-refractivity contribution >= 4 is 0 Å². The van der Waals surface area contributed by atoms with Gasteiger partial charge in [-0.25, -0.2) is 9.97 Å². The van der Waals surface area contributed by atoms with Crippen molar-refractivity contribution in [2.75, 3.05) is 7.11 Å². The molecule has 3 heterocycles. The van der Waals surface area contributed by atoms with E-state index in [1.807, 2.05) is 19.1 Å². The van der Waals surface area contributed by atoms with E-state index in [4.69, 9.17) is 9.47 Å². The quantitative estimate of drug-likeness (QED) is 0.501. The van der Waals surface area contributed by atoms with Crippen LogP contribution in [-0.2, 0) is 6.61 Å². The Morgan fingerprint density at radius 2 is 1.93 bits per heavy atom. The number of nitrogens with zero attached hydrogens (tertiary/aromatic N) is 4. The number of nitrogens with one attached hydrogen (secondary N) is 1. The highest BCUT2D eigenvalue weighted by Gasteiger charge is 2.12. The number of hydrogen-bond donors (Lipinski definition) is 1. The van der Waals surface area contributed by atoms with Gasteiger partial charge in [-0.05, 0) is 31.2 Å². The average Bonchev–Trinajstić information content (AvgIpc) is 3.23. The van der Waals surface area contributed by atoms with Crippen LogP contribution in [0.4, 0.5) is 4.39 Å². The molecule has 0 bridgehead atoms. The van der Waals surface area contributed by atoms with E-state index in [0.717, 1.165) is 17.0 Å². The number of hydrogen-bond acceptors (Lipinski definition) is 6. The lowest BCUT2D eigenvalue weighted by Gasteiger charge is -2.10. The SMILES string of the molecule is COc1cc(OCc2cnc(C)cn2)ccc1-c1c[nH]c(-c2ccc(F)nc2)n1. The van der Waals surface area contributed by atoms with Crippen molar-refractivity contribution in [3.05, 3.63) is 72.5 Å². The Morgan fingerprint density at radius 1 is 1.03 bits per heavy atom. The minimum atomic E-state index is -0.533. The molecule has 29 heavy (non-hydrogen) atoms. The Hall–Kier alpha value is -3.81. The molecule has 1 aromatic carbocycles. The highest BCUT2D eigenvalue weighted by atomic mass is 19.1.